The van der Waals surface area contributed by atoms with E-state index < -0.39 is 0 Å². The topological polar surface area (TPSA) is 28.1 Å². The van der Waals surface area contributed by atoms with Crippen LogP contribution in [0.15, 0.2) is 65.1 Å². The summed E-state index contributed by atoms with van der Waals surface area (Å²) < 4.78 is 5.38. The van der Waals surface area contributed by atoms with E-state index in [-0.39, 0.29) is 0 Å². The molecular weight excluding hydrogens is 430 g/mol. The predicted octanol–water partition coefficient (Wildman–Crippen LogP) is 7.59. The van der Waals surface area contributed by atoms with Gasteiger partial charge in [-0.3, -0.25) is 0 Å². The van der Waals surface area contributed by atoms with Gasteiger partial charge in [0.2, 0.25) is 5.88 Å². The zero-order valence-electron chi connectivity index (χ0n) is 22.9. The van der Waals surface area contributed by atoms with Gasteiger partial charge in [-0.25, -0.2) is 4.99 Å². The minimum absolute atomic E-state index is 0.469. The third-order valence-electron chi connectivity index (χ3n) is 7.44. The van der Waals surface area contributed by atoms with Gasteiger partial charge in [0.25, 0.3) is 0 Å². The van der Waals surface area contributed by atoms with Gasteiger partial charge in [-0.2, -0.15) is 0 Å². The Bertz CT molecular complexity index is 1060. The summed E-state index contributed by atoms with van der Waals surface area (Å²) in [5.41, 5.74) is 6.43. The summed E-state index contributed by atoms with van der Waals surface area (Å²) in [4.78, 5) is 9.80. The van der Waals surface area contributed by atoms with Crippen molar-refractivity contribution in [2.75, 3.05) is 38.7 Å². The van der Waals surface area contributed by atoms with Gasteiger partial charge in [0.1, 0.15) is 0 Å². The molecule has 0 amide bonds. The third-order valence-corrected chi connectivity index (χ3v) is 7.44. The molecule has 2 aromatic rings. The van der Waals surface area contributed by atoms with Crippen LogP contribution in [0.1, 0.15) is 65.4 Å². The average molecular weight is 476 g/mol. The maximum absolute atomic E-state index is 5.38. The fraction of sp³-hybridized carbons (Fsp3) is 0.516. The molecule has 0 unspecified atom stereocenters. The molecule has 0 spiro atoms. The Hall–Kier alpha value is -2.75. The lowest BCUT2D eigenvalue weighted by molar-refractivity contribution is 0.290. The first-order chi connectivity index (χ1) is 16.9. The third kappa shape index (κ3) is 6.48. The van der Waals surface area contributed by atoms with Crippen molar-refractivity contribution >= 4 is 22.2 Å². The second-order valence-corrected chi connectivity index (χ2v) is 9.86. The molecule has 0 N–H and O–H groups in total. The predicted molar refractivity (Wildman–Crippen MR) is 152 cm³/mol. The zero-order chi connectivity index (χ0) is 25.4. The Morgan fingerprint density at radius 1 is 1.11 bits per heavy atom. The van der Waals surface area contributed by atoms with Crippen molar-refractivity contribution in [3.63, 3.8) is 0 Å². The highest BCUT2D eigenvalue weighted by Gasteiger charge is 2.25. The first kappa shape index (κ1) is 26.8. The summed E-state index contributed by atoms with van der Waals surface area (Å²) >= 11 is 0. The van der Waals surface area contributed by atoms with E-state index in [2.05, 4.69) is 87.5 Å². The van der Waals surface area contributed by atoms with Gasteiger partial charge in [0, 0.05) is 36.9 Å². The van der Waals surface area contributed by atoms with Crippen LogP contribution in [0.3, 0.4) is 0 Å². The van der Waals surface area contributed by atoms with Crippen molar-refractivity contribution < 1.29 is 4.74 Å². The van der Waals surface area contributed by atoms with Crippen LogP contribution in [-0.2, 0) is 11.2 Å². The molecule has 1 aliphatic heterocycles. The van der Waals surface area contributed by atoms with Crippen LogP contribution >= 0.6 is 0 Å². The normalized spacial score (nSPS) is 16.8. The molecule has 35 heavy (non-hydrogen) atoms. The van der Waals surface area contributed by atoms with E-state index in [1.165, 1.54) is 59.0 Å². The van der Waals surface area contributed by atoms with Crippen LogP contribution in [0.5, 0.6) is 0 Å². The molecule has 4 heteroatoms. The standard InChI is InChI=1S/C31H45N3O/c1-8-13-25(14-9-2)21-33(6)23(4)28-19-20-34(22-29(28)32-24(5)35-7)30-18-12-17-27-16-11-15-26(10-3)31(27)30/h11-12,15-18,25H,5,8-10,13-14,19-22H2,1-4,6-7H3/b28-23+,32-29-. The van der Waals surface area contributed by atoms with E-state index in [1.54, 1.807) is 7.11 Å². The Morgan fingerprint density at radius 3 is 2.43 bits per heavy atom. The minimum Gasteiger partial charge on any atom is -0.481 e. The van der Waals surface area contributed by atoms with Crippen molar-refractivity contribution in [1.29, 1.82) is 0 Å². The first-order valence-corrected chi connectivity index (χ1v) is 13.4. The Labute approximate surface area is 213 Å². The van der Waals surface area contributed by atoms with E-state index in [4.69, 9.17) is 9.73 Å². The lowest BCUT2D eigenvalue weighted by Crippen LogP contribution is -2.39. The molecule has 0 atom stereocenters. The SMILES string of the molecule is C=C(/N=C1/CN(c2cccc3cccc(CC)c23)CC/C1=C(/C)N(C)CC(CCC)CCC)OC. The quantitative estimate of drug-likeness (QED) is 0.313. The zero-order valence-corrected chi connectivity index (χ0v) is 22.9. The minimum atomic E-state index is 0.469. The number of nitrogens with zero attached hydrogens (tertiary/aromatic N) is 3. The number of ether oxygens (including phenoxy) is 1. The van der Waals surface area contributed by atoms with Crippen LogP contribution in [0.4, 0.5) is 5.69 Å². The fourth-order valence-electron chi connectivity index (χ4n) is 5.49. The molecule has 4 nitrogen and oxygen atoms in total. The number of hydrogen-bond donors (Lipinski definition) is 0. The number of rotatable bonds is 11. The number of allylic oxidation sites excluding steroid dienone is 1. The molecule has 1 aliphatic rings. The molecule has 1 heterocycles. The second-order valence-electron chi connectivity index (χ2n) is 9.86. The lowest BCUT2D eigenvalue weighted by atomic mass is 9.94. The monoisotopic (exact) mass is 475 g/mol. The summed E-state index contributed by atoms with van der Waals surface area (Å²) in [6.45, 7) is 15.9. The maximum atomic E-state index is 5.38. The van der Waals surface area contributed by atoms with E-state index in [0.717, 1.165) is 44.1 Å². The van der Waals surface area contributed by atoms with Crippen molar-refractivity contribution in [2.45, 2.75) is 66.2 Å². The number of aliphatic imine (C=N–C) groups is 1. The summed E-state index contributed by atoms with van der Waals surface area (Å²) in [5, 5.41) is 2.67. The molecule has 3 rings (SSSR count). The van der Waals surface area contributed by atoms with Gasteiger partial charge in [0.05, 0.1) is 19.4 Å². The summed E-state index contributed by atoms with van der Waals surface area (Å²) in [7, 11) is 3.89. The first-order valence-electron chi connectivity index (χ1n) is 13.4. The molecule has 0 bridgehead atoms. The van der Waals surface area contributed by atoms with Crippen LogP contribution in [0.2, 0.25) is 0 Å². The molecule has 1 saturated heterocycles. The Morgan fingerprint density at radius 2 is 1.80 bits per heavy atom. The van der Waals surface area contributed by atoms with Crippen molar-refractivity contribution in [1.82, 2.24) is 4.90 Å². The van der Waals surface area contributed by atoms with Gasteiger partial charge in [-0.1, -0.05) is 63.9 Å². The number of piperidine rings is 1. The molecular formula is C31H45N3O. The van der Waals surface area contributed by atoms with Crippen LogP contribution in [-0.4, -0.2) is 44.4 Å². The van der Waals surface area contributed by atoms with E-state index in [9.17, 15) is 0 Å². The van der Waals surface area contributed by atoms with Crippen LogP contribution in [0.25, 0.3) is 10.8 Å². The van der Waals surface area contributed by atoms with Gasteiger partial charge in [-0.15, -0.1) is 0 Å². The molecule has 190 valence electrons. The molecule has 0 aromatic heterocycles. The van der Waals surface area contributed by atoms with Gasteiger partial charge in [-0.05, 0) is 67.7 Å². The lowest BCUT2D eigenvalue weighted by Gasteiger charge is -2.35. The number of anilines is 1. The smallest absolute Gasteiger partial charge is 0.205 e. The number of benzene rings is 2. The van der Waals surface area contributed by atoms with Crippen LogP contribution < -0.4 is 4.90 Å². The average Bonchev–Trinajstić information content (AvgIpc) is 2.87. The van der Waals surface area contributed by atoms with Gasteiger partial charge < -0.3 is 14.5 Å². The summed E-state index contributed by atoms with van der Waals surface area (Å²) in [6.07, 6.45) is 7.05. The van der Waals surface area contributed by atoms with Crippen LogP contribution in [0, 0.1) is 5.92 Å². The highest BCUT2D eigenvalue weighted by atomic mass is 16.5. The van der Waals surface area contributed by atoms with Crippen molar-refractivity contribution in [2.24, 2.45) is 10.9 Å². The fourth-order valence-corrected chi connectivity index (χ4v) is 5.49. The molecule has 1 fully saturated rings. The van der Waals surface area contributed by atoms with Gasteiger partial charge >= 0.3 is 0 Å². The number of methoxy groups -OCH3 is 1. The maximum Gasteiger partial charge on any atom is 0.205 e. The molecule has 2 aromatic carbocycles. The number of aryl methyl sites for hydroxylation is 1. The Balaban J connectivity index is 1.95. The summed E-state index contributed by atoms with van der Waals surface area (Å²) in [5.74, 6) is 1.21. The number of hydrogen-bond acceptors (Lipinski definition) is 4. The molecule has 0 saturated carbocycles. The van der Waals surface area contributed by atoms with E-state index in [1.807, 2.05) is 0 Å². The van der Waals surface area contributed by atoms with E-state index >= 15 is 0 Å². The number of fused-ring (bicyclic) bond motifs is 1. The van der Waals surface area contributed by atoms with Crippen molar-refractivity contribution in [3.8, 4) is 0 Å². The highest BCUT2D eigenvalue weighted by molar-refractivity contribution is 6.07. The molecule has 0 radical (unpaired) electrons. The Kier molecular flexibility index (Phi) is 9.83. The van der Waals surface area contributed by atoms with E-state index in [0.29, 0.717) is 5.88 Å². The molecule has 0 aliphatic carbocycles. The highest BCUT2D eigenvalue weighted by Crippen LogP contribution is 2.33. The summed E-state index contributed by atoms with van der Waals surface area (Å²) in [6, 6.07) is 13.3. The largest absolute Gasteiger partial charge is 0.481 e. The van der Waals surface area contributed by atoms with Crippen molar-refractivity contribution in [3.05, 3.63) is 65.7 Å². The van der Waals surface area contributed by atoms with Gasteiger partial charge in [0.15, 0.2) is 0 Å². The second kappa shape index (κ2) is 12.8.